The van der Waals surface area contributed by atoms with Gasteiger partial charge in [-0.15, -0.1) is 0 Å². The van der Waals surface area contributed by atoms with Crippen molar-refractivity contribution in [1.29, 1.82) is 0 Å². The fraction of sp³-hybridized carbons (Fsp3) is 1.00. The molecule has 0 spiro atoms. The molecular weight excluding hydrogens is 280 g/mol. The average molecular weight is 318 g/mol. The summed E-state index contributed by atoms with van der Waals surface area (Å²) in [6, 6.07) is 0. The normalized spacial score (nSPS) is 14.5. The van der Waals surface area contributed by atoms with E-state index in [1.807, 2.05) is 48.5 Å². The Morgan fingerprint density at radius 3 is 1.09 bits per heavy atom. The van der Waals surface area contributed by atoms with E-state index in [-0.39, 0.29) is 5.92 Å². The first-order valence-corrected chi connectivity index (χ1v) is 8.54. The van der Waals surface area contributed by atoms with Gasteiger partial charge in [-0.1, -0.05) is 48.5 Å². The molecule has 4 nitrogen and oxygen atoms in total. The van der Waals surface area contributed by atoms with E-state index in [0.29, 0.717) is 18.3 Å². The molecule has 0 aromatic carbocycles. The molecule has 0 amide bonds. The summed E-state index contributed by atoms with van der Waals surface area (Å²) in [6.07, 6.45) is 0.632. The Balaban J connectivity index is 5.03. The van der Waals surface area contributed by atoms with E-state index in [1.165, 1.54) is 0 Å². The summed E-state index contributed by atoms with van der Waals surface area (Å²) in [7, 11) is 0. The first kappa shape index (κ1) is 21.8. The highest BCUT2D eigenvalue weighted by Gasteiger charge is 2.42. The van der Waals surface area contributed by atoms with Crippen molar-refractivity contribution in [2.75, 3.05) is 0 Å². The van der Waals surface area contributed by atoms with Crippen LogP contribution < -0.4 is 0 Å². The lowest BCUT2D eigenvalue weighted by atomic mass is 9.95. The number of hydrogen-bond acceptors (Lipinski definition) is 4. The summed E-state index contributed by atoms with van der Waals surface area (Å²) in [5.74, 6) is -0.189. The minimum absolute atomic E-state index is 0.0865. The maximum atomic E-state index is 5.79. The molecule has 0 N–H and O–H groups in total. The van der Waals surface area contributed by atoms with Gasteiger partial charge in [-0.2, -0.15) is 9.78 Å². The van der Waals surface area contributed by atoms with Crippen LogP contribution in [0.25, 0.3) is 0 Å². The molecule has 0 radical (unpaired) electrons. The summed E-state index contributed by atoms with van der Waals surface area (Å²) in [5, 5.41) is 0. The van der Waals surface area contributed by atoms with Crippen LogP contribution in [-0.4, -0.2) is 17.0 Å². The standard InChI is InChI=1S/C18H38O4/c1-12-18(15(6)7,21-19-16(8,9)13(2)3)22-20-17(10,11)14(4)5/h13-15H,12H2,1-11H3. The molecular formula is C18H38O4. The molecule has 0 saturated heterocycles. The highest BCUT2D eigenvalue weighted by Crippen LogP contribution is 2.34. The monoisotopic (exact) mass is 318 g/mol. The third kappa shape index (κ3) is 5.80. The third-order valence-corrected chi connectivity index (χ3v) is 4.95. The van der Waals surface area contributed by atoms with Crippen LogP contribution in [0.1, 0.15) is 82.6 Å². The lowest BCUT2D eigenvalue weighted by molar-refractivity contribution is -0.556. The molecule has 0 unspecified atom stereocenters. The minimum atomic E-state index is -0.918. The van der Waals surface area contributed by atoms with Crippen molar-refractivity contribution in [3.63, 3.8) is 0 Å². The second-order valence-electron chi connectivity index (χ2n) is 8.17. The first-order valence-electron chi connectivity index (χ1n) is 8.54. The highest BCUT2D eigenvalue weighted by molar-refractivity contribution is 4.75. The highest BCUT2D eigenvalue weighted by atomic mass is 17.3. The van der Waals surface area contributed by atoms with E-state index in [2.05, 4.69) is 27.7 Å². The molecule has 4 heteroatoms. The van der Waals surface area contributed by atoms with Gasteiger partial charge in [0.15, 0.2) is 0 Å². The van der Waals surface area contributed by atoms with E-state index in [9.17, 15) is 0 Å². The molecule has 22 heavy (non-hydrogen) atoms. The Labute approximate surface area is 137 Å². The molecule has 0 rings (SSSR count). The molecule has 0 aromatic rings. The van der Waals surface area contributed by atoms with Crippen molar-refractivity contribution < 1.29 is 19.6 Å². The Morgan fingerprint density at radius 1 is 0.591 bits per heavy atom. The van der Waals surface area contributed by atoms with E-state index >= 15 is 0 Å². The molecule has 0 fully saturated rings. The molecule has 0 bridgehead atoms. The van der Waals surface area contributed by atoms with Gasteiger partial charge >= 0.3 is 0 Å². The molecule has 0 aromatic heterocycles. The van der Waals surface area contributed by atoms with Crippen LogP contribution in [0.3, 0.4) is 0 Å². The predicted molar refractivity (Wildman–Crippen MR) is 90.0 cm³/mol. The van der Waals surface area contributed by atoms with Gasteiger partial charge in [-0.05, 0) is 39.5 Å². The SMILES string of the molecule is CCC(OOC(C)(C)C(C)C)(OOC(C)(C)C(C)C)C(C)C. The lowest BCUT2D eigenvalue weighted by Gasteiger charge is -2.40. The van der Waals surface area contributed by atoms with Crippen LogP contribution in [0, 0.1) is 17.8 Å². The van der Waals surface area contributed by atoms with Crippen LogP contribution in [0.4, 0.5) is 0 Å². The fourth-order valence-corrected chi connectivity index (χ4v) is 1.28. The fourth-order valence-electron chi connectivity index (χ4n) is 1.28. The van der Waals surface area contributed by atoms with Gasteiger partial charge in [0, 0.05) is 12.3 Å². The number of rotatable bonds is 10. The van der Waals surface area contributed by atoms with Crippen LogP contribution in [-0.2, 0) is 19.6 Å². The maximum absolute atomic E-state index is 5.79. The number of hydrogen-bond donors (Lipinski definition) is 0. The van der Waals surface area contributed by atoms with E-state index in [4.69, 9.17) is 19.6 Å². The Bertz CT molecular complexity index is 295. The Morgan fingerprint density at radius 2 is 0.909 bits per heavy atom. The van der Waals surface area contributed by atoms with Crippen LogP contribution in [0.5, 0.6) is 0 Å². The van der Waals surface area contributed by atoms with Crippen LogP contribution in [0.2, 0.25) is 0 Å². The summed E-state index contributed by atoms with van der Waals surface area (Å²) in [6.45, 7) is 22.6. The average Bonchev–Trinajstić information content (AvgIpc) is 2.38. The van der Waals surface area contributed by atoms with Crippen molar-refractivity contribution in [3.05, 3.63) is 0 Å². The Kier molecular flexibility index (Phi) is 8.03. The van der Waals surface area contributed by atoms with E-state index in [1.54, 1.807) is 0 Å². The quantitative estimate of drug-likeness (QED) is 0.302. The van der Waals surface area contributed by atoms with Gasteiger partial charge in [0.2, 0.25) is 5.79 Å². The molecule has 0 aliphatic heterocycles. The first-order chi connectivity index (χ1) is 9.81. The van der Waals surface area contributed by atoms with Crippen molar-refractivity contribution in [1.82, 2.24) is 0 Å². The van der Waals surface area contributed by atoms with Crippen molar-refractivity contribution >= 4 is 0 Å². The summed E-state index contributed by atoms with van der Waals surface area (Å²) >= 11 is 0. The van der Waals surface area contributed by atoms with Crippen molar-refractivity contribution in [2.24, 2.45) is 17.8 Å². The zero-order valence-corrected chi connectivity index (χ0v) is 16.6. The maximum Gasteiger partial charge on any atom is 0.235 e. The van der Waals surface area contributed by atoms with E-state index in [0.717, 1.165) is 0 Å². The topological polar surface area (TPSA) is 36.9 Å². The second kappa shape index (κ2) is 8.09. The molecule has 0 aliphatic carbocycles. The summed E-state index contributed by atoms with van der Waals surface area (Å²) < 4.78 is 0. The van der Waals surface area contributed by atoms with Gasteiger partial charge in [0.05, 0.1) is 0 Å². The van der Waals surface area contributed by atoms with E-state index < -0.39 is 17.0 Å². The second-order valence-corrected chi connectivity index (χ2v) is 8.17. The molecule has 0 heterocycles. The van der Waals surface area contributed by atoms with Crippen LogP contribution >= 0.6 is 0 Å². The summed E-state index contributed by atoms with van der Waals surface area (Å²) in [4.78, 5) is 23.0. The smallest absolute Gasteiger partial charge is 0.227 e. The zero-order chi connectivity index (χ0) is 17.8. The minimum Gasteiger partial charge on any atom is -0.227 e. The van der Waals surface area contributed by atoms with Gasteiger partial charge in [-0.25, -0.2) is 9.78 Å². The lowest BCUT2D eigenvalue weighted by Crippen LogP contribution is -2.47. The third-order valence-electron chi connectivity index (χ3n) is 4.95. The molecule has 0 atom stereocenters. The summed E-state index contributed by atoms with van der Waals surface area (Å²) in [5.41, 5.74) is -0.793. The molecule has 134 valence electrons. The molecule has 0 saturated carbocycles. The Hall–Kier alpha value is -0.160. The largest absolute Gasteiger partial charge is 0.235 e. The van der Waals surface area contributed by atoms with Crippen molar-refractivity contribution in [3.8, 4) is 0 Å². The molecule has 0 aliphatic rings. The predicted octanol–water partition coefficient (Wildman–Crippen LogP) is 5.51. The van der Waals surface area contributed by atoms with Crippen LogP contribution in [0.15, 0.2) is 0 Å². The van der Waals surface area contributed by atoms with Gasteiger partial charge in [0.25, 0.3) is 0 Å². The van der Waals surface area contributed by atoms with Gasteiger partial charge in [0.1, 0.15) is 11.2 Å². The van der Waals surface area contributed by atoms with Gasteiger partial charge < -0.3 is 0 Å². The zero-order valence-electron chi connectivity index (χ0n) is 16.6. The van der Waals surface area contributed by atoms with Crippen molar-refractivity contribution in [2.45, 2.75) is 99.6 Å². The van der Waals surface area contributed by atoms with Gasteiger partial charge in [-0.3, -0.25) is 0 Å².